The molecule has 0 amide bonds. The second-order valence-corrected chi connectivity index (χ2v) is 6.92. The summed E-state index contributed by atoms with van der Waals surface area (Å²) >= 11 is 0. The van der Waals surface area contributed by atoms with Gasteiger partial charge in [-0.15, -0.1) is 4.67 Å². The van der Waals surface area contributed by atoms with E-state index in [9.17, 15) is 24.2 Å². The van der Waals surface area contributed by atoms with Crippen molar-refractivity contribution in [1.82, 2.24) is 5.09 Å². The maximum Gasteiger partial charge on any atom is 0.430 e. The summed E-state index contributed by atoms with van der Waals surface area (Å²) in [4.78, 5) is 35.4. The largest absolute Gasteiger partial charge is 0.481 e. The second-order valence-electron chi connectivity index (χ2n) is 5.48. The van der Waals surface area contributed by atoms with E-state index in [1.807, 2.05) is 30.3 Å². The molecule has 0 spiro atoms. The summed E-state index contributed by atoms with van der Waals surface area (Å²) in [6.45, 7) is 0. The molecule has 0 fully saturated rings. The number of carboxylic acid groups (broad SMARTS) is 2. The van der Waals surface area contributed by atoms with Gasteiger partial charge in [-0.3, -0.25) is 9.59 Å². The summed E-state index contributed by atoms with van der Waals surface area (Å²) in [6, 6.07) is 7.84. The monoisotopic (exact) mass is 391 g/mol. The van der Waals surface area contributed by atoms with E-state index in [4.69, 9.17) is 10.2 Å². The third-order valence-corrected chi connectivity index (χ3v) is 4.20. The van der Waals surface area contributed by atoms with Crippen LogP contribution in [0.2, 0.25) is 0 Å². The van der Waals surface area contributed by atoms with Gasteiger partial charge in [0.25, 0.3) is 0 Å². The van der Waals surface area contributed by atoms with Crippen LogP contribution < -0.4 is 5.09 Å². The summed E-state index contributed by atoms with van der Waals surface area (Å²) in [5.41, 5.74) is 1.05. The molecule has 2 unspecified atom stereocenters. The highest BCUT2D eigenvalue weighted by atomic mass is 31.2. The van der Waals surface area contributed by atoms with E-state index < -0.39 is 44.9 Å². The Morgan fingerprint density at radius 3 is 2.38 bits per heavy atom. The van der Waals surface area contributed by atoms with Crippen LogP contribution in [-0.4, -0.2) is 44.5 Å². The van der Waals surface area contributed by atoms with Gasteiger partial charge in [-0.1, -0.05) is 30.3 Å². The van der Waals surface area contributed by atoms with E-state index in [1.165, 1.54) is 0 Å². The molecule has 11 heteroatoms. The molecule has 1 aromatic rings. The van der Waals surface area contributed by atoms with Crippen molar-refractivity contribution >= 4 is 19.7 Å². The Labute approximate surface area is 149 Å². The van der Waals surface area contributed by atoms with E-state index in [2.05, 4.69) is 9.56 Å². The van der Waals surface area contributed by atoms with Crippen molar-refractivity contribution in [2.75, 3.05) is 0 Å². The summed E-state index contributed by atoms with van der Waals surface area (Å²) in [5.74, 6) is -2.77. The van der Waals surface area contributed by atoms with Crippen LogP contribution in [0.15, 0.2) is 30.3 Å². The van der Waals surface area contributed by atoms with Crippen LogP contribution >= 0.6 is 7.75 Å². The predicted octanol–water partition coefficient (Wildman–Crippen LogP) is 1.28. The van der Waals surface area contributed by atoms with Crippen molar-refractivity contribution in [3.8, 4) is 0 Å². The molecule has 26 heavy (non-hydrogen) atoms. The van der Waals surface area contributed by atoms with Gasteiger partial charge in [0.2, 0.25) is 0 Å². The fraction of sp³-hybridized carbons (Fsp3) is 0.467. The van der Waals surface area contributed by atoms with Gasteiger partial charge in [-0.25, -0.2) is 9.65 Å². The van der Waals surface area contributed by atoms with Crippen molar-refractivity contribution in [3.05, 3.63) is 35.9 Å². The molecule has 5 N–H and O–H groups in total. The smallest absolute Gasteiger partial charge is 0.430 e. The maximum absolute atomic E-state index is 11.7. The molecular formula is C15H22NO9P. The Bertz CT molecular complexity index is 625. The van der Waals surface area contributed by atoms with Crippen LogP contribution in [0.25, 0.3) is 0 Å². The standard InChI is InChI=1S/C15H22NO9P/c17-13(18)10-9-12(15(20)21)16-26(22,23)25-24-14(19)8-4-7-11-5-2-1-3-6-11/h1-3,5-6,12,14,19H,4,7-10H2,(H,17,18)(H,20,21)(H2,16,22,23)/t12-,14?/m0/s1. The minimum absolute atomic E-state index is 0.121. The number of aliphatic carboxylic acids is 2. The topological polar surface area (TPSA) is 163 Å². The first-order valence-electron chi connectivity index (χ1n) is 7.82. The predicted molar refractivity (Wildman–Crippen MR) is 88.8 cm³/mol. The van der Waals surface area contributed by atoms with Crippen LogP contribution in [0.3, 0.4) is 0 Å². The Hall–Kier alpha value is -1.81. The van der Waals surface area contributed by atoms with Gasteiger partial charge in [-0.2, -0.15) is 4.89 Å². The van der Waals surface area contributed by atoms with E-state index in [-0.39, 0.29) is 6.42 Å². The Morgan fingerprint density at radius 2 is 1.81 bits per heavy atom. The molecule has 10 nitrogen and oxygen atoms in total. The number of carboxylic acids is 2. The zero-order chi connectivity index (χ0) is 19.6. The van der Waals surface area contributed by atoms with Crippen LogP contribution in [0.5, 0.6) is 0 Å². The number of rotatable bonds is 13. The number of aliphatic hydroxyl groups excluding tert-OH is 1. The number of benzene rings is 1. The number of hydrogen-bond acceptors (Lipinski definition) is 6. The lowest BCUT2D eigenvalue weighted by molar-refractivity contribution is -0.312. The quantitative estimate of drug-likeness (QED) is 0.143. The number of nitrogens with one attached hydrogen (secondary N) is 1. The van der Waals surface area contributed by atoms with Crippen LogP contribution in [0, 0.1) is 0 Å². The summed E-state index contributed by atoms with van der Waals surface area (Å²) in [7, 11) is -4.71. The molecule has 0 bridgehead atoms. The Balaban J connectivity index is 2.36. The summed E-state index contributed by atoms with van der Waals surface area (Å²) in [6.07, 6.45) is -1.13. The first-order chi connectivity index (χ1) is 12.2. The highest BCUT2D eigenvalue weighted by Gasteiger charge is 2.31. The Morgan fingerprint density at radius 1 is 1.15 bits per heavy atom. The molecule has 0 aliphatic rings. The maximum atomic E-state index is 11.7. The lowest BCUT2D eigenvalue weighted by Crippen LogP contribution is -2.35. The number of hydrogen-bond donors (Lipinski definition) is 5. The SMILES string of the molecule is O=C(O)CC[C@H](NP(=O)(O)OOC(O)CCCc1ccccc1)C(=O)O. The third kappa shape index (κ3) is 9.62. The van der Waals surface area contributed by atoms with Gasteiger partial charge in [0, 0.05) is 12.8 Å². The van der Waals surface area contributed by atoms with E-state index in [0.717, 1.165) is 5.56 Å². The lowest BCUT2D eigenvalue weighted by Gasteiger charge is -2.18. The Kier molecular flexibility index (Phi) is 9.42. The molecular weight excluding hydrogens is 369 g/mol. The number of aryl methyl sites for hydroxylation is 1. The summed E-state index contributed by atoms with van der Waals surface area (Å²) in [5, 5.41) is 28.8. The average molecular weight is 391 g/mol. The van der Waals surface area contributed by atoms with Gasteiger partial charge in [0.1, 0.15) is 6.04 Å². The van der Waals surface area contributed by atoms with Crippen molar-refractivity contribution in [1.29, 1.82) is 0 Å². The highest BCUT2D eigenvalue weighted by Crippen LogP contribution is 2.38. The molecule has 0 aliphatic heterocycles. The van der Waals surface area contributed by atoms with Gasteiger partial charge < -0.3 is 20.2 Å². The molecule has 0 radical (unpaired) electrons. The first kappa shape index (κ1) is 22.2. The van der Waals surface area contributed by atoms with Crippen LogP contribution in [0.1, 0.15) is 31.2 Å². The molecule has 3 atom stereocenters. The zero-order valence-electron chi connectivity index (χ0n) is 13.9. The fourth-order valence-corrected chi connectivity index (χ4v) is 2.90. The van der Waals surface area contributed by atoms with Crippen LogP contribution in [0.4, 0.5) is 0 Å². The highest BCUT2D eigenvalue weighted by molar-refractivity contribution is 7.50. The molecule has 0 heterocycles. The van der Waals surface area contributed by atoms with E-state index >= 15 is 0 Å². The number of aliphatic hydroxyl groups is 1. The zero-order valence-corrected chi connectivity index (χ0v) is 14.7. The molecule has 0 aliphatic carbocycles. The lowest BCUT2D eigenvalue weighted by atomic mass is 10.1. The van der Waals surface area contributed by atoms with Gasteiger partial charge in [0.15, 0.2) is 6.29 Å². The van der Waals surface area contributed by atoms with E-state index in [0.29, 0.717) is 12.8 Å². The van der Waals surface area contributed by atoms with Crippen molar-refractivity contribution in [3.63, 3.8) is 0 Å². The summed E-state index contributed by atoms with van der Waals surface area (Å²) < 4.78 is 16.0. The van der Waals surface area contributed by atoms with Crippen molar-refractivity contribution in [2.24, 2.45) is 0 Å². The first-order valence-corrected chi connectivity index (χ1v) is 9.39. The molecule has 146 valence electrons. The molecule has 0 aromatic heterocycles. The van der Waals surface area contributed by atoms with Crippen molar-refractivity contribution < 1.29 is 43.9 Å². The van der Waals surface area contributed by atoms with Crippen molar-refractivity contribution in [2.45, 2.75) is 44.4 Å². The fourth-order valence-electron chi connectivity index (χ4n) is 2.01. The van der Waals surface area contributed by atoms with Gasteiger partial charge in [-0.05, 0) is 24.8 Å². The molecule has 0 saturated carbocycles. The average Bonchev–Trinajstić information content (AvgIpc) is 2.57. The number of carbonyl (C=O) groups is 2. The third-order valence-electron chi connectivity index (χ3n) is 3.28. The molecule has 1 aromatic carbocycles. The normalized spacial score (nSPS) is 15.8. The van der Waals surface area contributed by atoms with Gasteiger partial charge in [0.05, 0.1) is 0 Å². The van der Waals surface area contributed by atoms with Gasteiger partial charge >= 0.3 is 19.7 Å². The molecule has 1 rings (SSSR count). The minimum Gasteiger partial charge on any atom is -0.481 e. The molecule has 0 saturated heterocycles. The minimum atomic E-state index is -4.71. The van der Waals surface area contributed by atoms with E-state index in [1.54, 1.807) is 5.09 Å². The second kappa shape index (κ2) is 11.0. The van der Waals surface area contributed by atoms with Crippen LogP contribution in [-0.2, 0) is 30.1 Å².